The van der Waals surface area contributed by atoms with Crippen molar-refractivity contribution < 1.29 is 19.4 Å². The molecule has 2 N–H and O–H groups in total. The van der Waals surface area contributed by atoms with Gasteiger partial charge in [-0.3, -0.25) is 9.48 Å². The van der Waals surface area contributed by atoms with E-state index in [1.165, 1.54) is 19.3 Å². The average molecular weight is 315 g/mol. The Labute approximate surface area is 133 Å². The van der Waals surface area contributed by atoms with E-state index in [-0.39, 0.29) is 23.8 Å². The zero-order chi connectivity index (χ0) is 16.8. The highest BCUT2D eigenvalue weighted by Crippen LogP contribution is 2.20. The summed E-state index contributed by atoms with van der Waals surface area (Å²) in [5.74, 6) is -1.05. The number of aromatic nitrogens is 2. The summed E-state index contributed by atoms with van der Waals surface area (Å²) in [7, 11) is 3.20. The van der Waals surface area contributed by atoms with Crippen LogP contribution in [0.5, 0.6) is 5.75 Å². The molecule has 7 nitrogen and oxygen atoms in total. The molecule has 1 aromatic heterocycles. The number of carbonyl (C=O) groups is 2. The van der Waals surface area contributed by atoms with Crippen molar-refractivity contribution in [2.45, 2.75) is 6.54 Å². The highest BCUT2D eigenvalue weighted by molar-refractivity contribution is 5.92. The van der Waals surface area contributed by atoms with E-state index in [1.807, 2.05) is 0 Å². The molecular weight excluding hydrogens is 298 g/mol. The van der Waals surface area contributed by atoms with Crippen LogP contribution in [0, 0.1) is 0 Å². The van der Waals surface area contributed by atoms with E-state index < -0.39 is 5.97 Å². The Kier molecular flexibility index (Phi) is 5.14. The molecule has 1 aromatic carbocycles. The van der Waals surface area contributed by atoms with Crippen LogP contribution in [-0.2, 0) is 18.4 Å². The molecular formula is C16H17N3O4. The van der Waals surface area contributed by atoms with Gasteiger partial charge in [-0.1, -0.05) is 6.07 Å². The van der Waals surface area contributed by atoms with Crippen molar-refractivity contribution >= 4 is 18.0 Å². The third-order valence-electron chi connectivity index (χ3n) is 3.12. The van der Waals surface area contributed by atoms with E-state index in [9.17, 15) is 9.59 Å². The maximum atomic E-state index is 11.8. The highest BCUT2D eigenvalue weighted by Gasteiger charge is 2.11. The molecule has 7 heteroatoms. The molecule has 1 amide bonds. The normalized spacial score (nSPS) is 10.7. The van der Waals surface area contributed by atoms with E-state index >= 15 is 0 Å². The SMILES string of the molecule is COc1cc(CNC(=O)/C=C/c2cnn(C)c2)ccc1C(=O)O. The summed E-state index contributed by atoms with van der Waals surface area (Å²) < 4.78 is 6.69. The van der Waals surface area contributed by atoms with Gasteiger partial charge in [-0.25, -0.2) is 4.79 Å². The fraction of sp³-hybridized carbons (Fsp3) is 0.188. The molecule has 2 rings (SSSR count). The monoisotopic (exact) mass is 315 g/mol. The largest absolute Gasteiger partial charge is 0.496 e. The first-order chi connectivity index (χ1) is 11.0. The smallest absolute Gasteiger partial charge is 0.339 e. The molecule has 23 heavy (non-hydrogen) atoms. The van der Waals surface area contributed by atoms with Gasteiger partial charge in [0.25, 0.3) is 0 Å². The van der Waals surface area contributed by atoms with Gasteiger partial charge in [0.05, 0.1) is 13.3 Å². The van der Waals surface area contributed by atoms with Gasteiger partial charge in [-0.15, -0.1) is 0 Å². The quantitative estimate of drug-likeness (QED) is 0.787. The number of aryl methyl sites for hydroxylation is 1. The van der Waals surface area contributed by atoms with Crippen LogP contribution in [0.3, 0.4) is 0 Å². The predicted octanol–water partition coefficient (Wildman–Crippen LogP) is 1.46. The molecule has 0 saturated carbocycles. The summed E-state index contributed by atoms with van der Waals surface area (Å²) in [5, 5.41) is 15.7. The number of amides is 1. The summed E-state index contributed by atoms with van der Waals surface area (Å²) in [5.41, 5.74) is 1.66. The lowest BCUT2D eigenvalue weighted by Gasteiger charge is -2.08. The first-order valence-corrected chi connectivity index (χ1v) is 6.84. The van der Waals surface area contributed by atoms with Gasteiger partial charge in [0, 0.05) is 31.4 Å². The first-order valence-electron chi connectivity index (χ1n) is 6.84. The maximum Gasteiger partial charge on any atom is 0.339 e. The molecule has 0 aliphatic rings. The van der Waals surface area contributed by atoms with Gasteiger partial charge in [0.1, 0.15) is 11.3 Å². The van der Waals surface area contributed by atoms with Crippen LogP contribution in [0.15, 0.2) is 36.7 Å². The van der Waals surface area contributed by atoms with E-state index in [0.29, 0.717) is 0 Å². The van der Waals surface area contributed by atoms with E-state index in [0.717, 1.165) is 11.1 Å². The third kappa shape index (κ3) is 4.44. The number of carbonyl (C=O) groups excluding carboxylic acids is 1. The molecule has 0 saturated heterocycles. The van der Waals surface area contributed by atoms with Gasteiger partial charge in [-0.2, -0.15) is 5.10 Å². The number of nitrogens with one attached hydrogen (secondary N) is 1. The van der Waals surface area contributed by atoms with Crippen molar-refractivity contribution in [1.29, 1.82) is 0 Å². The predicted molar refractivity (Wildman–Crippen MR) is 84.0 cm³/mol. The Morgan fingerprint density at radius 1 is 1.43 bits per heavy atom. The minimum atomic E-state index is -1.06. The molecule has 0 fully saturated rings. The average Bonchev–Trinajstić information content (AvgIpc) is 2.95. The molecule has 0 spiro atoms. The number of carboxylic acid groups (broad SMARTS) is 1. The third-order valence-corrected chi connectivity index (χ3v) is 3.12. The van der Waals surface area contributed by atoms with Crippen LogP contribution >= 0.6 is 0 Å². The Hall–Kier alpha value is -3.09. The van der Waals surface area contributed by atoms with E-state index in [4.69, 9.17) is 9.84 Å². The number of aromatic carboxylic acids is 1. The summed E-state index contributed by atoms with van der Waals surface area (Å²) in [6.07, 6.45) is 6.52. The first kappa shape index (κ1) is 16.3. The molecule has 2 aromatic rings. The zero-order valence-electron chi connectivity index (χ0n) is 12.8. The molecule has 120 valence electrons. The second-order valence-electron chi connectivity index (χ2n) is 4.84. The van der Waals surface area contributed by atoms with Crippen molar-refractivity contribution in [3.05, 3.63) is 53.4 Å². The number of methoxy groups -OCH3 is 1. The molecule has 0 aliphatic carbocycles. The van der Waals surface area contributed by atoms with E-state index in [2.05, 4.69) is 10.4 Å². The van der Waals surface area contributed by atoms with Crippen LogP contribution in [-0.4, -0.2) is 33.9 Å². The topological polar surface area (TPSA) is 93.5 Å². The second-order valence-corrected chi connectivity index (χ2v) is 4.84. The van der Waals surface area contributed by atoms with Gasteiger partial charge in [0.2, 0.25) is 5.91 Å². The minimum absolute atomic E-state index is 0.0825. The van der Waals surface area contributed by atoms with Crippen LogP contribution in [0.25, 0.3) is 6.08 Å². The number of hydrogen-bond acceptors (Lipinski definition) is 4. The van der Waals surface area contributed by atoms with Crippen molar-refractivity contribution in [3.63, 3.8) is 0 Å². The van der Waals surface area contributed by atoms with Crippen molar-refractivity contribution in [1.82, 2.24) is 15.1 Å². The fourth-order valence-electron chi connectivity index (χ4n) is 1.97. The highest BCUT2D eigenvalue weighted by atomic mass is 16.5. The summed E-state index contributed by atoms with van der Waals surface area (Å²) in [4.78, 5) is 22.8. The molecule has 0 atom stereocenters. The second kappa shape index (κ2) is 7.26. The van der Waals surface area contributed by atoms with Gasteiger partial charge in [0.15, 0.2) is 0 Å². The van der Waals surface area contributed by atoms with Gasteiger partial charge in [-0.05, 0) is 23.8 Å². The number of carboxylic acids is 1. The maximum absolute atomic E-state index is 11.8. The van der Waals surface area contributed by atoms with Crippen molar-refractivity contribution in [2.24, 2.45) is 7.05 Å². The van der Waals surface area contributed by atoms with Crippen molar-refractivity contribution in [3.8, 4) is 5.75 Å². The van der Waals surface area contributed by atoms with Crippen molar-refractivity contribution in [2.75, 3.05) is 7.11 Å². The standard InChI is InChI=1S/C16H17N3O4/c1-19-10-12(9-18-19)4-6-15(20)17-8-11-3-5-13(16(21)22)14(7-11)23-2/h3-7,9-10H,8H2,1-2H3,(H,17,20)(H,21,22)/b6-4+. The number of hydrogen-bond donors (Lipinski definition) is 2. The molecule has 0 bridgehead atoms. The Morgan fingerprint density at radius 2 is 2.22 bits per heavy atom. The van der Waals surface area contributed by atoms with Gasteiger partial charge < -0.3 is 15.2 Å². The Morgan fingerprint density at radius 3 is 2.83 bits per heavy atom. The molecule has 1 heterocycles. The van der Waals surface area contributed by atoms with Crippen LogP contribution in [0.4, 0.5) is 0 Å². The number of ether oxygens (including phenoxy) is 1. The lowest BCUT2D eigenvalue weighted by Crippen LogP contribution is -2.20. The molecule has 0 aliphatic heterocycles. The summed E-state index contributed by atoms with van der Waals surface area (Å²) in [6.45, 7) is 0.270. The Bertz CT molecular complexity index is 750. The molecule has 0 unspecified atom stereocenters. The lowest BCUT2D eigenvalue weighted by molar-refractivity contribution is -0.116. The number of benzene rings is 1. The molecule has 0 radical (unpaired) electrons. The van der Waals surface area contributed by atoms with Crippen LogP contribution < -0.4 is 10.1 Å². The lowest BCUT2D eigenvalue weighted by atomic mass is 10.1. The summed E-state index contributed by atoms with van der Waals surface area (Å²) >= 11 is 0. The van der Waals surface area contributed by atoms with Gasteiger partial charge >= 0.3 is 5.97 Å². The minimum Gasteiger partial charge on any atom is -0.496 e. The summed E-state index contributed by atoms with van der Waals surface area (Å²) in [6, 6.07) is 4.68. The van der Waals surface area contributed by atoms with Crippen LogP contribution in [0.1, 0.15) is 21.5 Å². The Balaban J connectivity index is 1.96. The number of nitrogens with zero attached hydrogens (tertiary/aromatic N) is 2. The fourth-order valence-corrected chi connectivity index (χ4v) is 1.97. The van der Waals surface area contributed by atoms with E-state index in [1.54, 1.807) is 42.3 Å². The van der Waals surface area contributed by atoms with Crippen LogP contribution in [0.2, 0.25) is 0 Å². The zero-order valence-corrected chi connectivity index (χ0v) is 12.8. The number of rotatable bonds is 6.